The van der Waals surface area contributed by atoms with Gasteiger partial charge in [-0.15, -0.1) is 0 Å². The van der Waals surface area contributed by atoms with Gasteiger partial charge in [-0.1, -0.05) is 0 Å². The van der Waals surface area contributed by atoms with E-state index in [1.54, 1.807) is 0 Å². The fourth-order valence-electron chi connectivity index (χ4n) is 3.92. The molecule has 0 saturated carbocycles. The third-order valence-corrected chi connectivity index (χ3v) is 5.21. The Morgan fingerprint density at radius 1 is 1.05 bits per heavy atom. The second-order valence-electron chi connectivity index (χ2n) is 7.66. The van der Waals surface area contributed by atoms with Crippen molar-refractivity contribution in [2.75, 3.05) is 45.9 Å². The molecule has 0 bridgehead atoms. The van der Waals surface area contributed by atoms with Crippen molar-refractivity contribution in [3.05, 3.63) is 0 Å². The molecule has 2 aliphatic heterocycles. The van der Waals surface area contributed by atoms with Gasteiger partial charge in [-0.2, -0.15) is 0 Å². The molecule has 2 atom stereocenters. The molecule has 124 valence electrons. The predicted molar refractivity (Wildman–Crippen MR) is 85.3 cm³/mol. The van der Waals surface area contributed by atoms with Crippen molar-refractivity contribution < 1.29 is 9.84 Å². The predicted octanol–water partition coefficient (Wildman–Crippen LogP) is 0.517. The zero-order chi connectivity index (χ0) is 15.7. The van der Waals surface area contributed by atoms with Crippen LogP contribution in [0.3, 0.4) is 0 Å². The molecule has 0 amide bonds. The first kappa shape index (κ1) is 17.2. The first-order valence-electron chi connectivity index (χ1n) is 8.27. The van der Waals surface area contributed by atoms with E-state index in [1.807, 2.05) is 0 Å². The second-order valence-corrected chi connectivity index (χ2v) is 7.66. The van der Waals surface area contributed by atoms with Crippen LogP contribution in [0.25, 0.3) is 0 Å². The molecular formula is C16H33N3O2. The lowest BCUT2D eigenvalue weighted by Gasteiger charge is -2.32. The van der Waals surface area contributed by atoms with Gasteiger partial charge in [0.15, 0.2) is 0 Å². The average Bonchev–Trinajstić information content (AvgIpc) is 2.55. The number of hydrogen-bond donors (Lipinski definition) is 2. The number of nitrogens with zero attached hydrogens (tertiary/aromatic N) is 2. The Bertz CT molecular complexity index is 346. The first-order chi connectivity index (χ1) is 9.76. The largest absolute Gasteiger partial charge is 0.395 e. The highest BCUT2D eigenvalue weighted by molar-refractivity contribution is 5.04. The van der Waals surface area contributed by atoms with Crippen LogP contribution in [0.2, 0.25) is 0 Å². The molecule has 5 nitrogen and oxygen atoms in total. The quantitative estimate of drug-likeness (QED) is 0.792. The first-order valence-corrected chi connectivity index (χ1v) is 8.27. The lowest BCUT2D eigenvalue weighted by molar-refractivity contribution is -0.0784. The van der Waals surface area contributed by atoms with Gasteiger partial charge in [0.2, 0.25) is 0 Å². The van der Waals surface area contributed by atoms with E-state index in [4.69, 9.17) is 15.6 Å². The fraction of sp³-hybridized carbons (Fsp3) is 1.00. The minimum atomic E-state index is -0.247. The molecule has 0 radical (unpaired) electrons. The van der Waals surface area contributed by atoms with Crippen molar-refractivity contribution in [1.29, 1.82) is 0 Å². The van der Waals surface area contributed by atoms with E-state index in [9.17, 15) is 0 Å². The zero-order valence-corrected chi connectivity index (χ0v) is 14.1. The minimum absolute atomic E-state index is 0.0734. The number of ether oxygens (including phenoxy) is 1. The number of β-amino-alcohol motifs (C(OH)–C–C–N with tert-alkyl or cyclic N) is 1. The van der Waals surface area contributed by atoms with Gasteiger partial charge in [-0.05, 0) is 47.2 Å². The van der Waals surface area contributed by atoms with Gasteiger partial charge in [0.1, 0.15) is 0 Å². The van der Waals surface area contributed by atoms with Crippen molar-refractivity contribution in [3.63, 3.8) is 0 Å². The standard InChI is InChI=1S/C16H33N3O2/c1-15(2)13(14(17)16(3,4)21-15)12-19-7-5-6-18(8-9-19)10-11-20/h13-14,20H,5-12,17H2,1-4H3. The molecule has 2 heterocycles. The van der Waals surface area contributed by atoms with E-state index < -0.39 is 0 Å². The number of hydrogen-bond acceptors (Lipinski definition) is 5. The normalized spacial score (nSPS) is 34.0. The van der Waals surface area contributed by atoms with Gasteiger partial charge in [-0.25, -0.2) is 0 Å². The smallest absolute Gasteiger partial charge is 0.0788 e. The lowest BCUT2D eigenvalue weighted by atomic mass is 9.82. The summed E-state index contributed by atoms with van der Waals surface area (Å²) in [5, 5.41) is 9.08. The summed E-state index contributed by atoms with van der Waals surface area (Å²) in [5.41, 5.74) is 6.05. The van der Waals surface area contributed by atoms with Gasteiger partial charge in [0, 0.05) is 38.1 Å². The molecule has 2 rings (SSSR count). The second kappa shape index (κ2) is 6.50. The summed E-state index contributed by atoms with van der Waals surface area (Å²) in [6, 6.07) is 0.0734. The maximum absolute atomic E-state index is 9.08. The molecular weight excluding hydrogens is 266 g/mol. The Morgan fingerprint density at radius 2 is 1.67 bits per heavy atom. The molecule has 2 aliphatic rings. The van der Waals surface area contributed by atoms with E-state index in [1.165, 1.54) is 0 Å². The van der Waals surface area contributed by atoms with Gasteiger partial charge in [0.25, 0.3) is 0 Å². The van der Waals surface area contributed by atoms with Crippen LogP contribution in [0.1, 0.15) is 34.1 Å². The summed E-state index contributed by atoms with van der Waals surface area (Å²) in [7, 11) is 0. The lowest BCUT2D eigenvalue weighted by Crippen LogP contribution is -2.48. The maximum atomic E-state index is 9.08. The summed E-state index contributed by atoms with van der Waals surface area (Å²) in [6.45, 7) is 14.9. The van der Waals surface area contributed by atoms with Crippen LogP contribution >= 0.6 is 0 Å². The van der Waals surface area contributed by atoms with Crippen LogP contribution < -0.4 is 5.73 Å². The van der Waals surface area contributed by atoms with Crippen LogP contribution in [-0.2, 0) is 4.74 Å². The molecule has 5 heteroatoms. The highest BCUT2D eigenvalue weighted by Gasteiger charge is 2.52. The molecule has 2 unspecified atom stereocenters. The van der Waals surface area contributed by atoms with Gasteiger partial charge < -0.3 is 20.5 Å². The van der Waals surface area contributed by atoms with E-state index in [2.05, 4.69) is 37.5 Å². The molecule has 21 heavy (non-hydrogen) atoms. The number of nitrogens with two attached hydrogens (primary N) is 1. The van der Waals surface area contributed by atoms with Gasteiger partial charge in [-0.3, -0.25) is 4.90 Å². The Balaban J connectivity index is 1.95. The summed E-state index contributed by atoms with van der Waals surface area (Å²) < 4.78 is 6.20. The van der Waals surface area contributed by atoms with Crippen LogP contribution in [0, 0.1) is 5.92 Å². The van der Waals surface area contributed by atoms with E-state index in [0.717, 1.165) is 45.7 Å². The third kappa shape index (κ3) is 3.96. The van der Waals surface area contributed by atoms with Crippen molar-refractivity contribution in [2.45, 2.75) is 51.4 Å². The Morgan fingerprint density at radius 3 is 2.24 bits per heavy atom. The fourth-order valence-corrected chi connectivity index (χ4v) is 3.92. The van der Waals surface area contributed by atoms with Crippen LogP contribution in [-0.4, -0.2) is 78.0 Å². The topological polar surface area (TPSA) is 62.0 Å². The van der Waals surface area contributed by atoms with E-state index >= 15 is 0 Å². The van der Waals surface area contributed by atoms with Gasteiger partial charge in [0.05, 0.1) is 17.8 Å². The van der Waals surface area contributed by atoms with Crippen LogP contribution in [0.4, 0.5) is 0 Å². The Labute approximate surface area is 129 Å². The highest BCUT2D eigenvalue weighted by Crippen LogP contribution is 2.41. The average molecular weight is 299 g/mol. The van der Waals surface area contributed by atoms with E-state index in [0.29, 0.717) is 5.92 Å². The molecule has 0 aromatic heterocycles. The number of aliphatic hydroxyl groups excluding tert-OH is 1. The Hall–Kier alpha value is -0.200. The zero-order valence-electron chi connectivity index (χ0n) is 14.1. The molecule has 0 aromatic carbocycles. The molecule has 0 aliphatic carbocycles. The molecule has 2 saturated heterocycles. The molecule has 3 N–H and O–H groups in total. The monoisotopic (exact) mass is 299 g/mol. The summed E-state index contributed by atoms with van der Waals surface area (Å²) in [4.78, 5) is 4.87. The molecule has 0 aromatic rings. The number of aliphatic hydroxyl groups is 1. The van der Waals surface area contributed by atoms with Crippen molar-refractivity contribution >= 4 is 0 Å². The van der Waals surface area contributed by atoms with Gasteiger partial charge >= 0.3 is 0 Å². The van der Waals surface area contributed by atoms with Crippen LogP contribution in [0.15, 0.2) is 0 Å². The Kier molecular flexibility index (Phi) is 5.31. The van der Waals surface area contributed by atoms with Crippen molar-refractivity contribution in [1.82, 2.24) is 9.80 Å². The number of rotatable bonds is 4. The summed E-state index contributed by atoms with van der Waals surface area (Å²) in [6.07, 6.45) is 1.16. The van der Waals surface area contributed by atoms with Crippen molar-refractivity contribution in [3.8, 4) is 0 Å². The SMILES string of the molecule is CC1(C)OC(C)(C)C(CN2CCCN(CCO)CC2)C1N. The molecule has 0 spiro atoms. The maximum Gasteiger partial charge on any atom is 0.0788 e. The summed E-state index contributed by atoms with van der Waals surface area (Å²) >= 11 is 0. The van der Waals surface area contributed by atoms with Crippen molar-refractivity contribution in [2.24, 2.45) is 11.7 Å². The minimum Gasteiger partial charge on any atom is -0.395 e. The van der Waals surface area contributed by atoms with E-state index in [-0.39, 0.29) is 23.9 Å². The molecule has 2 fully saturated rings. The summed E-state index contributed by atoms with van der Waals surface area (Å²) in [5.74, 6) is 0.358. The third-order valence-electron chi connectivity index (χ3n) is 5.21. The highest BCUT2D eigenvalue weighted by atomic mass is 16.5. The van der Waals surface area contributed by atoms with Crippen LogP contribution in [0.5, 0.6) is 0 Å².